The van der Waals surface area contributed by atoms with Crippen molar-refractivity contribution in [2.45, 2.75) is 0 Å². The lowest BCUT2D eigenvalue weighted by Crippen LogP contribution is -2.51. The molecule has 1 saturated heterocycles. The van der Waals surface area contributed by atoms with E-state index in [1.165, 1.54) is 4.90 Å². The third-order valence-corrected chi connectivity index (χ3v) is 6.99. The quantitative estimate of drug-likeness (QED) is 0.410. The van der Waals surface area contributed by atoms with Crippen LogP contribution in [0.1, 0.15) is 26.3 Å². The number of piperazine rings is 1. The van der Waals surface area contributed by atoms with Crippen LogP contribution in [0.25, 0.3) is 16.8 Å². The van der Waals surface area contributed by atoms with Gasteiger partial charge < -0.3 is 14.4 Å². The second-order valence-electron chi connectivity index (χ2n) is 9.08. The number of fused-ring (bicyclic) bond motifs is 1. The number of amides is 3. The average molecular weight is 484 g/mol. The Morgan fingerprint density at radius 1 is 0.833 bits per heavy atom. The van der Waals surface area contributed by atoms with Gasteiger partial charge in [0.1, 0.15) is 0 Å². The highest BCUT2D eigenvalue weighted by Crippen LogP contribution is 2.33. The van der Waals surface area contributed by atoms with Crippen molar-refractivity contribution in [1.82, 2.24) is 14.7 Å². The van der Waals surface area contributed by atoms with Crippen LogP contribution < -0.4 is 9.47 Å². The number of benzene rings is 3. The van der Waals surface area contributed by atoms with Crippen LogP contribution in [0.3, 0.4) is 0 Å². The van der Waals surface area contributed by atoms with Crippen LogP contribution in [-0.2, 0) is 4.79 Å². The smallest absolute Gasteiger partial charge is 0.261 e. The molecule has 0 N–H and O–H groups in total. The maximum Gasteiger partial charge on any atom is 0.261 e. The summed E-state index contributed by atoms with van der Waals surface area (Å²) in [4.78, 5) is 44.2. The highest BCUT2D eigenvalue weighted by molar-refractivity contribution is 6.25. The molecule has 182 valence electrons. The third-order valence-electron chi connectivity index (χ3n) is 6.99. The fourth-order valence-electron chi connectivity index (χ4n) is 5.01. The molecule has 0 atom stereocenters. The van der Waals surface area contributed by atoms with Crippen LogP contribution in [0.15, 0.2) is 60.7 Å². The van der Waals surface area contributed by atoms with E-state index in [1.54, 1.807) is 24.3 Å². The summed E-state index contributed by atoms with van der Waals surface area (Å²) in [5.74, 6) is 0.866. The predicted octanol–water partition coefficient (Wildman–Crippen LogP) is 3.02. The number of nitrogens with zero attached hydrogens (tertiary/aromatic N) is 3. The molecule has 3 aliphatic rings. The van der Waals surface area contributed by atoms with Crippen molar-refractivity contribution < 1.29 is 23.9 Å². The van der Waals surface area contributed by atoms with Crippen LogP contribution in [0.2, 0.25) is 0 Å². The first-order valence-electron chi connectivity index (χ1n) is 12.1. The van der Waals surface area contributed by atoms with Crippen molar-refractivity contribution in [3.8, 4) is 11.5 Å². The molecule has 3 aromatic rings. The first-order chi connectivity index (χ1) is 17.6. The van der Waals surface area contributed by atoms with Gasteiger partial charge in [0.05, 0.1) is 0 Å². The first-order valence-corrected chi connectivity index (χ1v) is 12.1. The molecule has 0 bridgehead atoms. The largest absolute Gasteiger partial charge is 0.454 e. The molecule has 0 spiro atoms. The van der Waals surface area contributed by atoms with Crippen LogP contribution in [0, 0.1) is 0 Å². The number of carbonyl (C=O) groups is 3. The van der Waals surface area contributed by atoms with Crippen molar-refractivity contribution in [1.29, 1.82) is 0 Å². The van der Waals surface area contributed by atoms with Crippen LogP contribution in [-0.4, -0.2) is 78.5 Å². The second kappa shape index (κ2) is 9.13. The molecule has 8 heteroatoms. The minimum Gasteiger partial charge on any atom is -0.454 e. The van der Waals surface area contributed by atoms with E-state index in [-0.39, 0.29) is 24.5 Å². The Hall–Kier alpha value is -4.17. The number of rotatable bonds is 5. The van der Waals surface area contributed by atoms with Gasteiger partial charge in [0.15, 0.2) is 11.5 Å². The number of ether oxygens (including phenoxy) is 2. The molecular formula is C28H25N3O5. The molecule has 0 aromatic heterocycles. The maximum atomic E-state index is 13.1. The van der Waals surface area contributed by atoms with Crippen molar-refractivity contribution in [2.24, 2.45) is 0 Å². The van der Waals surface area contributed by atoms with E-state index in [1.807, 2.05) is 47.4 Å². The molecule has 8 nitrogen and oxygen atoms in total. The highest BCUT2D eigenvalue weighted by Gasteiger charge is 2.33. The van der Waals surface area contributed by atoms with Gasteiger partial charge in [-0.15, -0.1) is 0 Å². The van der Waals surface area contributed by atoms with Gasteiger partial charge >= 0.3 is 0 Å². The van der Waals surface area contributed by atoms with E-state index in [2.05, 4.69) is 4.90 Å². The standard InChI is InChI=1S/C28H25N3O5/c32-25(10-8-19-7-9-23-24(17-19)36-18-35-23)30-14-11-29(12-15-30)13-16-31-27(33)21-5-1-3-20-4-2-6-22(26(20)21)28(31)34/h1-10,17H,11-16,18H2/b10-8+. The number of hydrogen-bond acceptors (Lipinski definition) is 6. The summed E-state index contributed by atoms with van der Waals surface area (Å²) in [6.07, 6.45) is 3.36. The minimum atomic E-state index is -0.244. The third kappa shape index (κ3) is 3.99. The van der Waals surface area contributed by atoms with Crippen molar-refractivity contribution >= 4 is 34.6 Å². The maximum absolute atomic E-state index is 13.1. The number of hydrogen-bond donors (Lipinski definition) is 0. The highest BCUT2D eigenvalue weighted by atomic mass is 16.7. The van der Waals surface area contributed by atoms with Gasteiger partial charge in [0.25, 0.3) is 11.8 Å². The molecular weight excluding hydrogens is 458 g/mol. The number of imide groups is 1. The molecule has 1 fully saturated rings. The van der Waals surface area contributed by atoms with Crippen molar-refractivity contribution in [3.05, 3.63) is 77.4 Å². The Kier molecular flexibility index (Phi) is 5.65. The summed E-state index contributed by atoms with van der Waals surface area (Å²) in [5.41, 5.74) is 2.03. The Balaban J connectivity index is 1.04. The van der Waals surface area contributed by atoms with E-state index in [4.69, 9.17) is 9.47 Å². The Morgan fingerprint density at radius 3 is 2.25 bits per heavy atom. The SMILES string of the molecule is O=C(/C=C/c1ccc2c(c1)OCO2)N1CCN(CCN2C(=O)c3cccc4cccc(c34)C2=O)CC1. The number of carbonyl (C=O) groups excluding carboxylic acids is 3. The lowest BCUT2D eigenvalue weighted by atomic mass is 9.94. The fourth-order valence-corrected chi connectivity index (χ4v) is 5.01. The molecule has 6 rings (SSSR count). The summed E-state index contributed by atoms with van der Waals surface area (Å²) in [6.45, 7) is 3.67. The minimum absolute atomic E-state index is 0.0431. The molecule has 0 aliphatic carbocycles. The van der Waals surface area contributed by atoms with Gasteiger partial charge in [-0.3, -0.25) is 24.2 Å². The zero-order valence-corrected chi connectivity index (χ0v) is 19.7. The van der Waals surface area contributed by atoms with E-state index in [0.29, 0.717) is 61.9 Å². The fraction of sp³-hybridized carbons (Fsp3) is 0.250. The van der Waals surface area contributed by atoms with E-state index < -0.39 is 0 Å². The van der Waals surface area contributed by atoms with E-state index in [9.17, 15) is 14.4 Å². The Morgan fingerprint density at radius 2 is 1.53 bits per heavy atom. The topological polar surface area (TPSA) is 79.4 Å². The monoisotopic (exact) mass is 483 g/mol. The van der Waals surface area contributed by atoms with Crippen molar-refractivity contribution in [2.75, 3.05) is 46.1 Å². The van der Waals surface area contributed by atoms with Gasteiger partial charge in [0, 0.05) is 61.9 Å². The van der Waals surface area contributed by atoms with Crippen LogP contribution in [0.4, 0.5) is 0 Å². The van der Waals surface area contributed by atoms with Crippen molar-refractivity contribution in [3.63, 3.8) is 0 Å². The molecule has 0 radical (unpaired) electrons. The molecule has 3 amide bonds. The summed E-state index contributed by atoms with van der Waals surface area (Å²) in [5, 5.41) is 1.65. The summed E-state index contributed by atoms with van der Waals surface area (Å²) < 4.78 is 10.7. The van der Waals surface area contributed by atoms with E-state index in [0.717, 1.165) is 16.3 Å². The molecule has 3 heterocycles. The summed E-state index contributed by atoms with van der Waals surface area (Å²) >= 11 is 0. The lowest BCUT2D eigenvalue weighted by Gasteiger charge is -2.35. The second-order valence-corrected chi connectivity index (χ2v) is 9.08. The van der Waals surface area contributed by atoms with Gasteiger partial charge in [-0.05, 0) is 41.3 Å². The van der Waals surface area contributed by atoms with Gasteiger partial charge in [-0.2, -0.15) is 0 Å². The summed E-state index contributed by atoms with van der Waals surface area (Å²) in [6, 6.07) is 16.7. The van der Waals surface area contributed by atoms with Gasteiger partial charge in [-0.25, -0.2) is 0 Å². The predicted molar refractivity (Wildman–Crippen MR) is 134 cm³/mol. The molecule has 3 aliphatic heterocycles. The first kappa shape index (κ1) is 22.3. The summed E-state index contributed by atoms with van der Waals surface area (Å²) in [7, 11) is 0. The van der Waals surface area contributed by atoms with Crippen LogP contribution in [0.5, 0.6) is 11.5 Å². The Bertz CT molecular complexity index is 1360. The Labute approximate surface area is 208 Å². The van der Waals surface area contributed by atoms with Gasteiger partial charge in [-0.1, -0.05) is 30.3 Å². The van der Waals surface area contributed by atoms with Crippen LogP contribution >= 0.6 is 0 Å². The van der Waals surface area contributed by atoms with E-state index >= 15 is 0 Å². The van der Waals surface area contributed by atoms with Gasteiger partial charge in [0.2, 0.25) is 12.7 Å². The zero-order valence-electron chi connectivity index (χ0n) is 19.7. The molecule has 36 heavy (non-hydrogen) atoms. The molecule has 0 unspecified atom stereocenters. The molecule has 0 saturated carbocycles. The zero-order chi connectivity index (χ0) is 24.6. The molecule has 3 aromatic carbocycles. The average Bonchev–Trinajstić information content (AvgIpc) is 3.38. The lowest BCUT2D eigenvalue weighted by molar-refractivity contribution is -0.127. The normalized spacial score (nSPS) is 17.4.